The number of tetrazole rings is 1. The molecular weight excluding hydrogens is 353 g/mol. The monoisotopic (exact) mass is 365 g/mol. The van der Waals surface area contributed by atoms with E-state index >= 15 is 0 Å². The molecule has 0 bridgehead atoms. The second-order valence-electron chi connectivity index (χ2n) is 4.69. The molecule has 24 heavy (non-hydrogen) atoms. The normalized spacial score (nSPS) is 11.4. The molecule has 0 aliphatic rings. The van der Waals surface area contributed by atoms with Crippen LogP contribution in [0.3, 0.4) is 0 Å². The van der Waals surface area contributed by atoms with Crippen LogP contribution >= 0.6 is 11.8 Å². The van der Waals surface area contributed by atoms with Crippen molar-refractivity contribution in [1.29, 1.82) is 0 Å². The Morgan fingerprint density at radius 2 is 1.92 bits per heavy atom. The highest BCUT2D eigenvalue weighted by molar-refractivity contribution is 7.98. The van der Waals surface area contributed by atoms with Crippen LogP contribution in [-0.2, 0) is 10.0 Å². The third-order valence-corrected chi connectivity index (χ3v) is 5.11. The van der Waals surface area contributed by atoms with E-state index in [2.05, 4.69) is 20.2 Å². The third kappa shape index (κ3) is 3.39. The minimum absolute atomic E-state index is 0.0264. The average molecular weight is 365 g/mol. The lowest BCUT2D eigenvalue weighted by atomic mass is 10.3. The topological polar surface area (TPSA) is 89.8 Å². The van der Waals surface area contributed by atoms with E-state index in [0.717, 1.165) is 12.1 Å². The Bertz CT molecular complexity index is 957. The van der Waals surface area contributed by atoms with E-state index in [0.29, 0.717) is 16.5 Å². The first-order valence-corrected chi connectivity index (χ1v) is 9.41. The van der Waals surface area contributed by atoms with Gasteiger partial charge in [0.1, 0.15) is 5.82 Å². The fraction of sp³-hybridized carbons (Fsp3) is 0.0714. The van der Waals surface area contributed by atoms with Gasteiger partial charge in [-0.25, -0.2) is 12.8 Å². The van der Waals surface area contributed by atoms with Crippen LogP contribution in [0.25, 0.3) is 5.69 Å². The minimum atomic E-state index is -3.81. The van der Waals surface area contributed by atoms with Gasteiger partial charge in [-0.15, -0.1) is 5.10 Å². The van der Waals surface area contributed by atoms with E-state index in [4.69, 9.17) is 0 Å². The molecule has 2 aromatic carbocycles. The predicted octanol–water partition coefficient (Wildman–Crippen LogP) is 2.32. The number of benzene rings is 2. The molecule has 10 heteroatoms. The van der Waals surface area contributed by atoms with Gasteiger partial charge >= 0.3 is 0 Å². The van der Waals surface area contributed by atoms with Crippen LogP contribution in [0.4, 0.5) is 10.1 Å². The van der Waals surface area contributed by atoms with E-state index in [1.807, 2.05) is 6.26 Å². The molecule has 1 N–H and O–H groups in total. The quantitative estimate of drug-likeness (QED) is 0.698. The highest BCUT2D eigenvalue weighted by Crippen LogP contribution is 2.21. The van der Waals surface area contributed by atoms with E-state index in [1.165, 1.54) is 28.6 Å². The SMILES string of the molecule is CSc1nnnn1-c1cccc(NS(=O)(=O)c2ccc(F)cc2)c1. The first-order valence-electron chi connectivity index (χ1n) is 6.71. The van der Waals surface area contributed by atoms with Crippen molar-refractivity contribution in [2.24, 2.45) is 0 Å². The first kappa shape index (κ1) is 16.4. The van der Waals surface area contributed by atoms with Crippen molar-refractivity contribution in [2.75, 3.05) is 11.0 Å². The van der Waals surface area contributed by atoms with Gasteiger partial charge in [-0.05, 0) is 59.1 Å². The number of anilines is 1. The molecule has 0 amide bonds. The summed E-state index contributed by atoms with van der Waals surface area (Å²) in [4.78, 5) is -0.0264. The summed E-state index contributed by atoms with van der Waals surface area (Å²) in [6, 6.07) is 11.2. The molecule has 3 rings (SSSR count). The maximum Gasteiger partial charge on any atom is 0.261 e. The highest BCUT2D eigenvalue weighted by Gasteiger charge is 2.15. The molecule has 0 unspecified atom stereocenters. The van der Waals surface area contributed by atoms with Gasteiger partial charge in [-0.1, -0.05) is 17.8 Å². The van der Waals surface area contributed by atoms with Crippen molar-refractivity contribution < 1.29 is 12.8 Å². The second kappa shape index (κ2) is 6.57. The van der Waals surface area contributed by atoms with Gasteiger partial charge in [0.15, 0.2) is 0 Å². The standard InChI is InChI=1S/C14H12FN5O2S2/c1-23-14-16-18-19-20(14)12-4-2-3-11(9-12)17-24(21,22)13-7-5-10(15)6-8-13/h2-9,17H,1H3. The maximum atomic E-state index is 12.9. The summed E-state index contributed by atoms with van der Waals surface area (Å²) in [6.45, 7) is 0. The van der Waals surface area contributed by atoms with Gasteiger partial charge in [0, 0.05) is 0 Å². The largest absolute Gasteiger partial charge is 0.280 e. The predicted molar refractivity (Wildman–Crippen MR) is 88.1 cm³/mol. The highest BCUT2D eigenvalue weighted by atomic mass is 32.2. The van der Waals surface area contributed by atoms with Gasteiger partial charge in [0.25, 0.3) is 10.0 Å². The van der Waals surface area contributed by atoms with Gasteiger partial charge in [0.05, 0.1) is 16.3 Å². The number of nitrogens with one attached hydrogen (secondary N) is 1. The van der Waals surface area contributed by atoms with Crippen LogP contribution in [0.1, 0.15) is 0 Å². The summed E-state index contributed by atoms with van der Waals surface area (Å²) in [6.07, 6.45) is 1.84. The van der Waals surface area contributed by atoms with Gasteiger partial charge < -0.3 is 0 Å². The molecule has 0 aliphatic carbocycles. The van der Waals surface area contributed by atoms with Crippen LogP contribution in [0.2, 0.25) is 0 Å². The molecule has 0 fully saturated rings. The molecule has 1 heterocycles. The summed E-state index contributed by atoms with van der Waals surface area (Å²) >= 11 is 1.37. The lowest BCUT2D eigenvalue weighted by Crippen LogP contribution is -2.13. The average Bonchev–Trinajstić information content (AvgIpc) is 3.04. The van der Waals surface area contributed by atoms with E-state index < -0.39 is 15.8 Å². The number of sulfonamides is 1. The summed E-state index contributed by atoms with van der Waals surface area (Å²) < 4.78 is 41.6. The summed E-state index contributed by atoms with van der Waals surface area (Å²) in [5.41, 5.74) is 0.961. The minimum Gasteiger partial charge on any atom is -0.280 e. The van der Waals surface area contributed by atoms with Crippen molar-refractivity contribution in [2.45, 2.75) is 10.1 Å². The number of nitrogens with zero attached hydrogens (tertiary/aromatic N) is 4. The van der Waals surface area contributed by atoms with Gasteiger partial charge in [0.2, 0.25) is 5.16 Å². The molecule has 0 aliphatic heterocycles. The molecular formula is C14H12FN5O2S2. The van der Waals surface area contributed by atoms with Crippen LogP contribution < -0.4 is 4.72 Å². The summed E-state index contributed by atoms with van der Waals surface area (Å²) in [5.74, 6) is -0.501. The van der Waals surface area contributed by atoms with Crippen LogP contribution in [0.15, 0.2) is 58.6 Å². The van der Waals surface area contributed by atoms with Crippen LogP contribution in [-0.4, -0.2) is 34.9 Å². The number of aromatic nitrogens is 4. The summed E-state index contributed by atoms with van der Waals surface area (Å²) in [7, 11) is -3.81. The molecule has 0 saturated heterocycles. The van der Waals surface area contributed by atoms with Crippen molar-refractivity contribution >= 4 is 27.5 Å². The number of rotatable bonds is 5. The molecule has 0 atom stereocenters. The fourth-order valence-corrected chi connectivity index (χ4v) is 3.48. The van der Waals surface area contributed by atoms with Crippen molar-refractivity contribution in [3.63, 3.8) is 0 Å². The fourth-order valence-electron chi connectivity index (χ4n) is 2.00. The third-order valence-electron chi connectivity index (χ3n) is 3.09. The Morgan fingerprint density at radius 1 is 1.17 bits per heavy atom. The molecule has 124 valence electrons. The Hall–Kier alpha value is -2.46. The molecule has 0 saturated carbocycles. The zero-order valence-corrected chi connectivity index (χ0v) is 14.1. The van der Waals surface area contributed by atoms with Crippen LogP contribution in [0.5, 0.6) is 0 Å². The first-order chi connectivity index (χ1) is 11.5. The lowest BCUT2D eigenvalue weighted by Gasteiger charge is -2.10. The zero-order valence-electron chi connectivity index (χ0n) is 12.4. The Kier molecular flexibility index (Phi) is 4.49. The Morgan fingerprint density at radius 3 is 2.62 bits per heavy atom. The van der Waals surface area contributed by atoms with Crippen LogP contribution in [0, 0.1) is 5.82 Å². The zero-order chi connectivity index (χ0) is 17.2. The molecule has 3 aromatic rings. The maximum absolute atomic E-state index is 12.9. The number of hydrogen-bond donors (Lipinski definition) is 1. The number of hydrogen-bond acceptors (Lipinski definition) is 6. The molecule has 0 radical (unpaired) electrons. The smallest absolute Gasteiger partial charge is 0.261 e. The molecule has 0 spiro atoms. The van der Waals surface area contributed by atoms with Crippen molar-refractivity contribution in [3.05, 3.63) is 54.3 Å². The second-order valence-corrected chi connectivity index (χ2v) is 7.14. The Labute approximate surface area is 141 Å². The van der Waals surface area contributed by atoms with Crippen molar-refractivity contribution in [3.8, 4) is 5.69 Å². The van der Waals surface area contributed by atoms with E-state index in [-0.39, 0.29) is 4.90 Å². The molecule has 7 nitrogen and oxygen atoms in total. The lowest BCUT2D eigenvalue weighted by molar-refractivity contribution is 0.599. The van der Waals surface area contributed by atoms with Crippen molar-refractivity contribution in [1.82, 2.24) is 20.2 Å². The Balaban J connectivity index is 1.91. The summed E-state index contributed by atoms with van der Waals surface area (Å²) in [5, 5.41) is 11.9. The van der Waals surface area contributed by atoms with Gasteiger partial charge in [-0.2, -0.15) is 4.68 Å². The van der Waals surface area contributed by atoms with E-state index in [1.54, 1.807) is 24.3 Å². The molecule has 1 aromatic heterocycles. The van der Waals surface area contributed by atoms with E-state index in [9.17, 15) is 12.8 Å². The van der Waals surface area contributed by atoms with Gasteiger partial charge in [-0.3, -0.25) is 4.72 Å². The number of thioether (sulfide) groups is 1. The number of halogens is 1.